The summed E-state index contributed by atoms with van der Waals surface area (Å²) in [6.07, 6.45) is -3.24. The number of carboxylic acid groups (broad SMARTS) is 1. The second kappa shape index (κ2) is 7.63. The minimum Gasteiger partial charge on any atom is -0.486 e. The number of aromatic nitrogens is 2. The third kappa shape index (κ3) is 4.52. The van der Waals surface area contributed by atoms with Crippen LogP contribution in [0.15, 0.2) is 41.0 Å². The van der Waals surface area contributed by atoms with Crippen molar-refractivity contribution in [2.24, 2.45) is 0 Å². The quantitative estimate of drug-likeness (QED) is 0.679. The van der Waals surface area contributed by atoms with Gasteiger partial charge < -0.3 is 14.3 Å². The molecule has 0 saturated heterocycles. The minimum atomic E-state index is -4.59. The van der Waals surface area contributed by atoms with Crippen LogP contribution in [0.5, 0.6) is 5.75 Å². The molecule has 3 rings (SSSR count). The molecule has 7 nitrogen and oxygen atoms in total. The molecule has 0 aliphatic rings. The van der Waals surface area contributed by atoms with Crippen molar-refractivity contribution in [2.45, 2.75) is 19.7 Å². The molecule has 1 aromatic carbocycles. The number of nitrogens with zero attached hydrogens (tertiary/aromatic N) is 3. The first-order valence-corrected chi connectivity index (χ1v) is 8.08. The van der Waals surface area contributed by atoms with E-state index in [0.717, 1.165) is 12.1 Å². The Balaban J connectivity index is 1.90. The fourth-order valence-corrected chi connectivity index (χ4v) is 2.49. The molecule has 10 heteroatoms. The molecule has 2 heterocycles. The van der Waals surface area contributed by atoms with Gasteiger partial charge in [0.15, 0.2) is 5.89 Å². The van der Waals surface area contributed by atoms with E-state index in [1.165, 1.54) is 18.4 Å². The van der Waals surface area contributed by atoms with Crippen LogP contribution in [0, 0.1) is 18.3 Å². The molecule has 1 N–H and O–H groups in total. The lowest BCUT2D eigenvalue weighted by Gasteiger charge is -2.11. The molecule has 0 spiro atoms. The maximum Gasteiger partial charge on any atom is 0.416 e. The Morgan fingerprint density at radius 2 is 2.03 bits per heavy atom. The molecular weight excluding hydrogens is 391 g/mol. The highest BCUT2D eigenvalue weighted by atomic mass is 19.4. The van der Waals surface area contributed by atoms with Crippen molar-refractivity contribution >= 4 is 5.97 Å². The van der Waals surface area contributed by atoms with Crippen molar-refractivity contribution in [1.29, 1.82) is 5.26 Å². The normalized spacial score (nSPS) is 11.1. The second-order valence-electron chi connectivity index (χ2n) is 5.90. The van der Waals surface area contributed by atoms with Crippen LogP contribution in [-0.2, 0) is 12.8 Å². The number of hydrogen-bond donors (Lipinski definition) is 1. The third-order valence-electron chi connectivity index (χ3n) is 3.82. The number of aromatic carboxylic acids is 1. The summed E-state index contributed by atoms with van der Waals surface area (Å²) in [4.78, 5) is 19.4. The first kappa shape index (κ1) is 19.9. The van der Waals surface area contributed by atoms with Crippen LogP contribution in [0.4, 0.5) is 13.2 Å². The summed E-state index contributed by atoms with van der Waals surface area (Å²) in [6, 6.07) is 6.98. The fourth-order valence-electron chi connectivity index (χ4n) is 2.49. The number of hydrogen-bond acceptors (Lipinski definition) is 6. The Bertz CT molecular complexity index is 1120. The maximum atomic E-state index is 12.8. The topological polar surface area (TPSA) is 109 Å². The van der Waals surface area contributed by atoms with Crippen LogP contribution >= 0.6 is 0 Å². The van der Waals surface area contributed by atoms with Gasteiger partial charge in [0.2, 0.25) is 0 Å². The highest BCUT2D eigenvalue weighted by molar-refractivity contribution is 5.87. The lowest BCUT2D eigenvalue weighted by molar-refractivity contribution is -0.137. The average molecular weight is 403 g/mol. The highest BCUT2D eigenvalue weighted by Crippen LogP contribution is 2.32. The van der Waals surface area contributed by atoms with Gasteiger partial charge in [-0.1, -0.05) is 0 Å². The fraction of sp³-hybridized carbons (Fsp3) is 0.158. The van der Waals surface area contributed by atoms with Crippen molar-refractivity contribution in [3.63, 3.8) is 0 Å². The van der Waals surface area contributed by atoms with Gasteiger partial charge in [0, 0.05) is 12.5 Å². The number of nitriles is 1. The van der Waals surface area contributed by atoms with E-state index >= 15 is 0 Å². The number of oxazole rings is 1. The summed E-state index contributed by atoms with van der Waals surface area (Å²) in [6.45, 7) is 1.35. The molecule has 0 aliphatic heterocycles. The number of rotatable bonds is 5. The zero-order valence-electron chi connectivity index (χ0n) is 14.8. The lowest BCUT2D eigenvalue weighted by Crippen LogP contribution is -2.08. The summed E-state index contributed by atoms with van der Waals surface area (Å²) in [5, 5.41) is 18.4. The van der Waals surface area contributed by atoms with E-state index < -0.39 is 17.7 Å². The van der Waals surface area contributed by atoms with Gasteiger partial charge in [-0.25, -0.2) is 14.8 Å². The van der Waals surface area contributed by atoms with E-state index in [1.54, 1.807) is 13.0 Å². The van der Waals surface area contributed by atoms with Crippen LogP contribution < -0.4 is 4.74 Å². The van der Waals surface area contributed by atoms with E-state index in [0.29, 0.717) is 23.2 Å². The number of aryl methyl sites for hydroxylation is 1. The summed E-state index contributed by atoms with van der Waals surface area (Å²) in [5.74, 6) is -0.975. The molecule has 2 aromatic heterocycles. The zero-order chi connectivity index (χ0) is 21.2. The molecule has 3 aromatic rings. The van der Waals surface area contributed by atoms with Crippen LogP contribution in [0.3, 0.4) is 0 Å². The van der Waals surface area contributed by atoms with Crippen molar-refractivity contribution in [3.05, 3.63) is 65.0 Å². The monoisotopic (exact) mass is 403 g/mol. The number of pyridine rings is 1. The van der Waals surface area contributed by atoms with Gasteiger partial charge in [0.1, 0.15) is 36.1 Å². The van der Waals surface area contributed by atoms with Crippen LogP contribution in [-0.4, -0.2) is 21.0 Å². The molecule has 29 heavy (non-hydrogen) atoms. The van der Waals surface area contributed by atoms with Gasteiger partial charge >= 0.3 is 12.1 Å². The average Bonchev–Trinajstić information content (AvgIpc) is 3.11. The molecule has 0 fully saturated rings. The van der Waals surface area contributed by atoms with Crippen LogP contribution in [0.1, 0.15) is 33.2 Å². The van der Waals surface area contributed by atoms with Gasteiger partial charge in [0.05, 0.1) is 16.8 Å². The van der Waals surface area contributed by atoms with Gasteiger partial charge in [-0.3, -0.25) is 0 Å². The molecule has 0 radical (unpaired) electrons. The standard InChI is InChI=1S/C19H12F3N3O4/c1-10-24-16(9-28-10)11-5-14(25-15(6-11)18(26)27)8-29-17-3-2-13(19(20,21)22)4-12(17)7-23/h2-6,9H,8H2,1H3,(H,26,27). The Morgan fingerprint density at radius 1 is 1.28 bits per heavy atom. The molecule has 148 valence electrons. The summed E-state index contributed by atoms with van der Waals surface area (Å²) < 4.78 is 48.9. The third-order valence-corrected chi connectivity index (χ3v) is 3.82. The van der Waals surface area contributed by atoms with E-state index in [2.05, 4.69) is 9.97 Å². The number of halogens is 3. The lowest BCUT2D eigenvalue weighted by atomic mass is 10.1. The Kier molecular flexibility index (Phi) is 5.23. The molecular formula is C19H12F3N3O4. The molecule has 0 atom stereocenters. The predicted molar refractivity (Wildman–Crippen MR) is 91.9 cm³/mol. The van der Waals surface area contributed by atoms with E-state index in [4.69, 9.17) is 14.4 Å². The van der Waals surface area contributed by atoms with E-state index in [1.807, 2.05) is 0 Å². The summed E-state index contributed by atoms with van der Waals surface area (Å²) in [7, 11) is 0. The van der Waals surface area contributed by atoms with Crippen molar-refractivity contribution in [2.75, 3.05) is 0 Å². The molecule has 0 bridgehead atoms. The maximum absolute atomic E-state index is 12.8. The predicted octanol–water partition coefficient (Wildman–Crippen LogP) is 4.21. The van der Waals surface area contributed by atoms with Crippen LogP contribution in [0.25, 0.3) is 11.3 Å². The number of benzene rings is 1. The number of ether oxygens (including phenoxy) is 1. The first-order chi connectivity index (χ1) is 13.7. The van der Waals surface area contributed by atoms with Gasteiger partial charge in [0.25, 0.3) is 0 Å². The van der Waals surface area contributed by atoms with Crippen molar-refractivity contribution in [3.8, 4) is 23.1 Å². The molecule has 0 unspecified atom stereocenters. The number of carbonyl (C=O) groups is 1. The van der Waals surface area contributed by atoms with Gasteiger partial charge in [-0.15, -0.1) is 0 Å². The Labute approximate surface area is 162 Å². The highest BCUT2D eigenvalue weighted by Gasteiger charge is 2.31. The minimum absolute atomic E-state index is 0.0816. The second-order valence-corrected chi connectivity index (χ2v) is 5.90. The van der Waals surface area contributed by atoms with E-state index in [9.17, 15) is 23.1 Å². The Morgan fingerprint density at radius 3 is 2.62 bits per heavy atom. The molecule has 0 aliphatic carbocycles. The molecule has 0 saturated carbocycles. The summed E-state index contributed by atoms with van der Waals surface area (Å²) >= 11 is 0. The van der Waals surface area contributed by atoms with Crippen LogP contribution in [0.2, 0.25) is 0 Å². The smallest absolute Gasteiger partial charge is 0.416 e. The largest absolute Gasteiger partial charge is 0.486 e. The van der Waals surface area contributed by atoms with Gasteiger partial charge in [-0.05, 0) is 30.3 Å². The number of carboxylic acids is 1. The molecule has 0 amide bonds. The van der Waals surface area contributed by atoms with Crippen molar-refractivity contribution < 1.29 is 32.2 Å². The van der Waals surface area contributed by atoms with Crippen molar-refractivity contribution in [1.82, 2.24) is 9.97 Å². The first-order valence-electron chi connectivity index (χ1n) is 8.08. The van der Waals surface area contributed by atoms with E-state index in [-0.39, 0.29) is 29.3 Å². The SMILES string of the molecule is Cc1nc(-c2cc(COc3ccc(C(F)(F)F)cc3C#N)nc(C(=O)O)c2)co1. The Hall–Kier alpha value is -3.87. The number of alkyl halides is 3. The zero-order valence-corrected chi connectivity index (χ0v) is 14.8. The van der Waals surface area contributed by atoms with Gasteiger partial charge in [-0.2, -0.15) is 18.4 Å². The summed E-state index contributed by atoms with van der Waals surface area (Å²) in [5.41, 5.74) is -0.557.